The summed E-state index contributed by atoms with van der Waals surface area (Å²) < 4.78 is 7.41. The van der Waals surface area contributed by atoms with E-state index < -0.39 is 5.97 Å². The molecule has 5 nitrogen and oxygen atoms in total. The molecular weight excluding hydrogens is 232 g/mol. The van der Waals surface area contributed by atoms with E-state index in [0.717, 1.165) is 23.9 Å². The number of aromatic nitrogens is 2. The number of fused-ring (bicyclic) bond motifs is 1. The lowest BCUT2D eigenvalue weighted by Crippen LogP contribution is -2.35. The first-order valence-electron chi connectivity index (χ1n) is 5.93. The molecule has 2 atom stereocenters. The highest BCUT2D eigenvalue weighted by atomic mass is 16.5. The van der Waals surface area contributed by atoms with Crippen LogP contribution in [-0.2, 0) is 4.74 Å². The van der Waals surface area contributed by atoms with Crippen molar-refractivity contribution >= 4 is 17.0 Å². The van der Waals surface area contributed by atoms with E-state index in [0.29, 0.717) is 0 Å². The van der Waals surface area contributed by atoms with Crippen LogP contribution < -0.4 is 0 Å². The molecule has 5 heteroatoms. The van der Waals surface area contributed by atoms with E-state index >= 15 is 0 Å². The molecule has 1 aromatic heterocycles. The molecule has 0 unspecified atom stereocenters. The molecule has 18 heavy (non-hydrogen) atoms. The van der Waals surface area contributed by atoms with Crippen LogP contribution in [0.5, 0.6) is 0 Å². The molecule has 1 saturated carbocycles. The lowest BCUT2D eigenvalue weighted by Gasteiger charge is -2.36. The standard InChI is InChI=1S/C13H14N2O3/c1-18-12-5-4-10(12)15-7-14-9-3-2-8(13(16)17)6-11(9)15/h2-3,6-7,10,12H,4-5H2,1H3,(H,16,17)/t10-,12+/m0/s1. The van der Waals surface area contributed by atoms with Crippen molar-refractivity contribution < 1.29 is 14.6 Å². The first-order valence-corrected chi connectivity index (χ1v) is 5.93. The number of aromatic carboxylic acids is 1. The van der Waals surface area contributed by atoms with Gasteiger partial charge in [0.05, 0.1) is 35.1 Å². The van der Waals surface area contributed by atoms with E-state index in [-0.39, 0.29) is 17.7 Å². The van der Waals surface area contributed by atoms with Crippen LogP contribution in [0.1, 0.15) is 29.2 Å². The monoisotopic (exact) mass is 246 g/mol. The van der Waals surface area contributed by atoms with E-state index in [1.54, 1.807) is 31.6 Å². The number of carboxylic acids is 1. The lowest BCUT2D eigenvalue weighted by atomic mass is 9.88. The molecule has 1 N–H and O–H groups in total. The van der Waals surface area contributed by atoms with E-state index in [1.165, 1.54) is 0 Å². The molecule has 1 aromatic carbocycles. The molecule has 0 saturated heterocycles. The summed E-state index contributed by atoms with van der Waals surface area (Å²) in [5.41, 5.74) is 1.97. The summed E-state index contributed by atoms with van der Waals surface area (Å²) in [5, 5.41) is 9.03. The van der Waals surface area contributed by atoms with Crippen LogP contribution in [0.4, 0.5) is 0 Å². The third kappa shape index (κ3) is 1.59. The fraction of sp³-hybridized carbons (Fsp3) is 0.385. The number of nitrogens with zero attached hydrogens (tertiary/aromatic N) is 2. The molecule has 94 valence electrons. The molecule has 3 rings (SSSR count). The van der Waals surface area contributed by atoms with Crippen LogP contribution in [0, 0.1) is 0 Å². The number of carbonyl (C=O) groups is 1. The maximum Gasteiger partial charge on any atom is 0.335 e. The van der Waals surface area contributed by atoms with Crippen LogP contribution in [0.15, 0.2) is 24.5 Å². The topological polar surface area (TPSA) is 64.4 Å². The van der Waals surface area contributed by atoms with Crippen LogP contribution in [-0.4, -0.2) is 33.8 Å². The van der Waals surface area contributed by atoms with Gasteiger partial charge in [-0.05, 0) is 31.0 Å². The fourth-order valence-electron chi connectivity index (χ4n) is 2.47. The SMILES string of the molecule is CO[C@@H]1CC[C@@H]1n1cnc2ccc(C(=O)O)cc21. The Hall–Kier alpha value is -1.88. The second-order valence-corrected chi connectivity index (χ2v) is 4.58. The lowest BCUT2D eigenvalue weighted by molar-refractivity contribution is -0.00748. The van der Waals surface area contributed by atoms with Crippen molar-refractivity contribution in [3.8, 4) is 0 Å². The molecule has 1 aliphatic rings. The van der Waals surface area contributed by atoms with Crippen molar-refractivity contribution in [1.29, 1.82) is 0 Å². The maximum atomic E-state index is 11.0. The fourth-order valence-corrected chi connectivity index (χ4v) is 2.47. The van der Waals surface area contributed by atoms with Gasteiger partial charge in [-0.3, -0.25) is 0 Å². The van der Waals surface area contributed by atoms with Gasteiger partial charge >= 0.3 is 5.97 Å². The molecule has 1 heterocycles. The average molecular weight is 246 g/mol. The van der Waals surface area contributed by atoms with Crippen molar-refractivity contribution in [1.82, 2.24) is 9.55 Å². The van der Waals surface area contributed by atoms with Crippen LogP contribution in [0.25, 0.3) is 11.0 Å². The minimum atomic E-state index is -0.915. The van der Waals surface area contributed by atoms with Crippen molar-refractivity contribution in [2.75, 3.05) is 7.11 Å². The van der Waals surface area contributed by atoms with Crippen molar-refractivity contribution in [2.45, 2.75) is 25.0 Å². The number of rotatable bonds is 3. The van der Waals surface area contributed by atoms with Gasteiger partial charge in [-0.2, -0.15) is 0 Å². The number of carboxylic acid groups (broad SMARTS) is 1. The van der Waals surface area contributed by atoms with E-state index in [2.05, 4.69) is 4.98 Å². The molecule has 0 bridgehead atoms. The minimum Gasteiger partial charge on any atom is -0.478 e. The largest absolute Gasteiger partial charge is 0.478 e. The van der Waals surface area contributed by atoms with Gasteiger partial charge < -0.3 is 14.4 Å². The van der Waals surface area contributed by atoms with Crippen LogP contribution >= 0.6 is 0 Å². The highest BCUT2D eigenvalue weighted by Crippen LogP contribution is 2.36. The van der Waals surface area contributed by atoms with Gasteiger partial charge in [0.15, 0.2) is 0 Å². The highest BCUT2D eigenvalue weighted by molar-refractivity contribution is 5.92. The van der Waals surface area contributed by atoms with Gasteiger partial charge in [0.1, 0.15) is 0 Å². The van der Waals surface area contributed by atoms with Crippen molar-refractivity contribution in [2.24, 2.45) is 0 Å². The summed E-state index contributed by atoms with van der Waals surface area (Å²) in [4.78, 5) is 15.3. The zero-order valence-corrected chi connectivity index (χ0v) is 10.0. The van der Waals surface area contributed by atoms with Gasteiger partial charge in [0.2, 0.25) is 0 Å². The summed E-state index contributed by atoms with van der Waals surface area (Å²) >= 11 is 0. The van der Waals surface area contributed by atoms with Gasteiger partial charge in [-0.15, -0.1) is 0 Å². The van der Waals surface area contributed by atoms with Crippen molar-refractivity contribution in [3.63, 3.8) is 0 Å². The molecule has 0 spiro atoms. The van der Waals surface area contributed by atoms with Gasteiger partial charge in [-0.1, -0.05) is 0 Å². The predicted octanol–water partition coefficient (Wildman–Crippen LogP) is 2.08. The number of methoxy groups -OCH3 is 1. The van der Waals surface area contributed by atoms with Gasteiger partial charge in [-0.25, -0.2) is 9.78 Å². The summed E-state index contributed by atoms with van der Waals surface area (Å²) in [7, 11) is 1.71. The Bertz CT molecular complexity index is 603. The Morgan fingerprint density at radius 2 is 2.33 bits per heavy atom. The number of hydrogen-bond donors (Lipinski definition) is 1. The quantitative estimate of drug-likeness (QED) is 0.900. The van der Waals surface area contributed by atoms with Crippen molar-refractivity contribution in [3.05, 3.63) is 30.1 Å². The number of benzene rings is 1. The number of ether oxygens (including phenoxy) is 1. The molecule has 1 fully saturated rings. The zero-order valence-electron chi connectivity index (χ0n) is 10.0. The Morgan fingerprint density at radius 1 is 1.50 bits per heavy atom. The van der Waals surface area contributed by atoms with Crippen LogP contribution in [0.3, 0.4) is 0 Å². The molecule has 0 amide bonds. The molecule has 1 aliphatic carbocycles. The predicted molar refractivity (Wildman–Crippen MR) is 65.8 cm³/mol. The van der Waals surface area contributed by atoms with E-state index in [9.17, 15) is 4.79 Å². The van der Waals surface area contributed by atoms with Gasteiger partial charge in [0.25, 0.3) is 0 Å². The Kier molecular flexibility index (Phi) is 2.56. The Labute approximate surface area is 104 Å². The van der Waals surface area contributed by atoms with Gasteiger partial charge in [0, 0.05) is 7.11 Å². The van der Waals surface area contributed by atoms with E-state index in [1.807, 2.05) is 4.57 Å². The second kappa shape index (κ2) is 4.10. The second-order valence-electron chi connectivity index (χ2n) is 4.58. The number of imidazole rings is 1. The summed E-state index contributed by atoms with van der Waals surface area (Å²) in [6.07, 6.45) is 4.06. The third-order valence-corrected chi connectivity index (χ3v) is 3.66. The minimum absolute atomic E-state index is 0.205. The number of hydrogen-bond acceptors (Lipinski definition) is 3. The molecule has 0 aliphatic heterocycles. The first kappa shape index (κ1) is 11.2. The summed E-state index contributed by atoms with van der Waals surface area (Å²) in [6.45, 7) is 0. The maximum absolute atomic E-state index is 11.0. The van der Waals surface area contributed by atoms with E-state index in [4.69, 9.17) is 9.84 Å². The molecule has 2 aromatic rings. The third-order valence-electron chi connectivity index (χ3n) is 3.66. The smallest absolute Gasteiger partial charge is 0.335 e. The summed E-state index contributed by atoms with van der Waals surface area (Å²) in [5.74, 6) is -0.915. The highest BCUT2D eigenvalue weighted by Gasteiger charge is 2.33. The average Bonchev–Trinajstić information content (AvgIpc) is 2.71. The molecular formula is C13H14N2O3. The Morgan fingerprint density at radius 3 is 2.94 bits per heavy atom. The normalized spacial score (nSPS) is 22.9. The summed E-state index contributed by atoms with van der Waals surface area (Å²) in [6, 6.07) is 5.27. The Balaban J connectivity index is 2.07. The first-order chi connectivity index (χ1) is 8.70. The van der Waals surface area contributed by atoms with Crippen LogP contribution in [0.2, 0.25) is 0 Å². The molecule has 0 radical (unpaired) electrons. The zero-order chi connectivity index (χ0) is 12.7.